The van der Waals surface area contributed by atoms with Crippen molar-refractivity contribution in [2.24, 2.45) is 0 Å². The molecule has 0 unspecified atom stereocenters. The smallest absolute Gasteiger partial charge is 0.225 e. The first kappa shape index (κ1) is 12.2. The number of hydrogen-bond donors (Lipinski definition) is 1. The molecule has 0 bridgehead atoms. The zero-order valence-electron chi connectivity index (χ0n) is 8.79. The second kappa shape index (κ2) is 6.56. The van der Waals surface area contributed by atoms with E-state index in [4.69, 9.17) is 0 Å². The lowest BCUT2D eigenvalue weighted by Crippen LogP contribution is -2.12. The maximum absolute atomic E-state index is 11.4. The number of anilines is 1. The summed E-state index contributed by atoms with van der Waals surface area (Å²) in [6.45, 7) is 1.97. The molecule has 4 heteroatoms. The fraction of sp³-hybridized carbons (Fsp3) is 0.455. The molecule has 15 heavy (non-hydrogen) atoms. The van der Waals surface area contributed by atoms with E-state index in [9.17, 15) is 4.79 Å². The minimum absolute atomic E-state index is 0.0345. The van der Waals surface area contributed by atoms with Crippen molar-refractivity contribution in [2.45, 2.75) is 26.2 Å². The summed E-state index contributed by atoms with van der Waals surface area (Å²) in [5.41, 5.74) is 1.09. The number of pyridine rings is 1. The minimum Gasteiger partial charge on any atom is -0.311 e. The van der Waals surface area contributed by atoms with Crippen LogP contribution in [0.1, 0.15) is 24.8 Å². The van der Waals surface area contributed by atoms with Gasteiger partial charge in [0.15, 0.2) is 0 Å². The molecule has 1 aromatic heterocycles. The quantitative estimate of drug-likeness (QED) is 0.661. The molecule has 3 nitrogen and oxygen atoms in total. The minimum atomic E-state index is 0.0345. The van der Waals surface area contributed by atoms with Crippen molar-refractivity contribution >= 4 is 27.7 Å². The van der Waals surface area contributed by atoms with Crippen molar-refractivity contribution in [3.8, 4) is 0 Å². The Bertz CT molecular complexity index is 311. The monoisotopic (exact) mass is 270 g/mol. The summed E-state index contributed by atoms with van der Waals surface area (Å²) in [6.07, 6.45) is 4.23. The van der Waals surface area contributed by atoms with Crippen LogP contribution in [-0.2, 0) is 4.79 Å². The number of halogens is 1. The standard InChI is InChI=1S/C11H15BrN2O/c1-9-5-6-10(13-8-9)14-11(15)4-2-3-7-12/h5-6,8H,2-4,7H2,1H3,(H,13,14,15). The highest BCUT2D eigenvalue weighted by Crippen LogP contribution is 2.06. The number of carbonyl (C=O) groups is 1. The van der Waals surface area contributed by atoms with Gasteiger partial charge in [0, 0.05) is 17.9 Å². The van der Waals surface area contributed by atoms with Gasteiger partial charge in [0.05, 0.1) is 0 Å². The SMILES string of the molecule is Cc1ccc(NC(=O)CCCCBr)nc1. The summed E-state index contributed by atoms with van der Waals surface area (Å²) < 4.78 is 0. The summed E-state index contributed by atoms with van der Waals surface area (Å²) in [5.74, 6) is 0.664. The lowest BCUT2D eigenvalue weighted by atomic mass is 10.2. The molecule has 1 heterocycles. The fourth-order valence-electron chi connectivity index (χ4n) is 1.13. The van der Waals surface area contributed by atoms with E-state index in [1.165, 1.54) is 0 Å². The van der Waals surface area contributed by atoms with Crippen molar-refractivity contribution in [3.63, 3.8) is 0 Å². The maximum atomic E-state index is 11.4. The number of carbonyl (C=O) groups excluding carboxylic acids is 1. The number of hydrogen-bond acceptors (Lipinski definition) is 2. The average Bonchev–Trinajstić information content (AvgIpc) is 2.22. The van der Waals surface area contributed by atoms with Crippen LogP contribution in [0.25, 0.3) is 0 Å². The third-order valence-corrected chi connectivity index (χ3v) is 2.53. The molecule has 1 N–H and O–H groups in total. The lowest BCUT2D eigenvalue weighted by molar-refractivity contribution is -0.116. The molecule has 0 aliphatic carbocycles. The van der Waals surface area contributed by atoms with Gasteiger partial charge in [-0.2, -0.15) is 0 Å². The van der Waals surface area contributed by atoms with Gasteiger partial charge in [-0.3, -0.25) is 4.79 Å². The van der Waals surface area contributed by atoms with Crippen LogP contribution in [0.4, 0.5) is 5.82 Å². The number of alkyl halides is 1. The number of amides is 1. The molecule has 0 spiro atoms. The van der Waals surface area contributed by atoms with Crippen LogP contribution in [-0.4, -0.2) is 16.2 Å². The van der Waals surface area contributed by atoms with Gasteiger partial charge in [-0.05, 0) is 31.4 Å². The molecule has 0 radical (unpaired) electrons. The largest absolute Gasteiger partial charge is 0.311 e. The van der Waals surface area contributed by atoms with Gasteiger partial charge in [0.25, 0.3) is 0 Å². The molecule has 0 atom stereocenters. The van der Waals surface area contributed by atoms with Gasteiger partial charge in [-0.15, -0.1) is 0 Å². The Labute approximate surface area is 98.4 Å². The van der Waals surface area contributed by atoms with Gasteiger partial charge in [0.2, 0.25) is 5.91 Å². The Balaban J connectivity index is 2.34. The molecule has 0 aromatic carbocycles. The molecule has 0 aliphatic heterocycles. The van der Waals surface area contributed by atoms with Crippen molar-refractivity contribution < 1.29 is 4.79 Å². The molecular weight excluding hydrogens is 256 g/mol. The molecule has 0 fully saturated rings. The van der Waals surface area contributed by atoms with E-state index in [0.717, 1.165) is 23.7 Å². The van der Waals surface area contributed by atoms with E-state index in [1.807, 2.05) is 19.1 Å². The highest BCUT2D eigenvalue weighted by Gasteiger charge is 2.02. The second-order valence-corrected chi connectivity index (χ2v) is 4.21. The number of unbranched alkanes of at least 4 members (excludes halogenated alkanes) is 1. The van der Waals surface area contributed by atoms with Crippen molar-refractivity contribution in [3.05, 3.63) is 23.9 Å². The van der Waals surface area contributed by atoms with E-state index in [0.29, 0.717) is 12.2 Å². The molecule has 0 saturated heterocycles. The predicted molar refractivity (Wildman–Crippen MR) is 65.2 cm³/mol. The van der Waals surface area contributed by atoms with Gasteiger partial charge < -0.3 is 5.32 Å². The summed E-state index contributed by atoms with van der Waals surface area (Å²) in [6, 6.07) is 3.75. The average molecular weight is 271 g/mol. The molecule has 1 aromatic rings. The summed E-state index contributed by atoms with van der Waals surface area (Å²) in [7, 11) is 0. The maximum Gasteiger partial charge on any atom is 0.225 e. The summed E-state index contributed by atoms with van der Waals surface area (Å²) in [4.78, 5) is 15.5. The van der Waals surface area contributed by atoms with Crippen LogP contribution < -0.4 is 5.32 Å². The number of nitrogens with zero attached hydrogens (tertiary/aromatic N) is 1. The van der Waals surface area contributed by atoms with Crippen molar-refractivity contribution in [1.82, 2.24) is 4.98 Å². The Kier molecular flexibility index (Phi) is 5.32. The van der Waals surface area contributed by atoms with E-state index in [2.05, 4.69) is 26.2 Å². The first-order chi connectivity index (χ1) is 7.22. The van der Waals surface area contributed by atoms with Gasteiger partial charge in [-0.1, -0.05) is 22.0 Å². The first-order valence-electron chi connectivity index (χ1n) is 5.01. The fourth-order valence-corrected chi connectivity index (χ4v) is 1.52. The number of aryl methyl sites for hydroxylation is 1. The van der Waals surface area contributed by atoms with Gasteiger partial charge in [0.1, 0.15) is 5.82 Å². The third-order valence-electron chi connectivity index (χ3n) is 1.97. The Hall–Kier alpha value is -0.900. The summed E-state index contributed by atoms with van der Waals surface area (Å²) in [5, 5.41) is 3.71. The summed E-state index contributed by atoms with van der Waals surface area (Å²) >= 11 is 3.33. The highest BCUT2D eigenvalue weighted by molar-refractivity contribution is 9.09. The molecule has 1 amide bonds. The van der Waals surface area contributed by atoms with Gasteiger partial charge >= 0.3 is 0 Å². The molecule has 0 aliphatic rings. The zero-order chi connectivity index (χ0) is 11.1. The number of aromatic nitrogens is 1. The van der Waals surface area contributed by atoms with Gasteiger partial charge in [-0.25, -0.2) is 4.98 Å². The Morgan fingerprint density at radius 1 is 1.47 bits per heavy atom. The number of rotatable bonds is 5. The van der Waals surface area contributed by atoms with Crippen LogP contribution in [0.3, 0.4) is 0 Å². The van der Waals surface area contributed by atoms with Crippen LogP contribution in [0.2, 0.25) is 0 Å². The molecular formula is C11H15BrN2O. The third kappa shape index (κ3) is 4.93. The van der Waals surface area contributed by atoms with Crippen LogP contribution in [0.5, 0.6) is 0 Å². The topological polar surface area (TPSA) is 42.0 Å². The van der Waals surface area contributed by atoms with Crippen LogP contribution >= 0.6 is 15.9 Å². The second-order valence-electron chi connectivity index (χ2n) is 3.42. The predicted octanol–water partition coefficient (Wildman–Crippen LogP) is 2.89. The molecule has 0 saturated carbocycles. The molecule has 82 valence electrons. The van der Waals surface area contributed by atoms with Crippen molar-refractivity contribution in [2.75, 3.05) is 10.6 Å². The Morgan fingerprint density at radius 3 is 2.87 bits per heavy atom. The highest BCUT2D eigenvalue weighted by atomic mass is 79.9. The molecule has 1 rings (SSSR count). The Morgan fingerprint density at radius 2 is 2.27 bits per heavy atom. The number of nitrogens with one attached hydrogen (secondary N) is 1. The van der Waals surface area contributed by atoms with Crippen LogP contribution in [0, 0.1) is 6.92 Å². The normalized spacial score (nSPS) is 10.0. The van der Waals surface area contributed by atoms with E-state index < -0.39 is 0 Å². The van der Waals surface area contributed by atoms with Crippen molar-refractivity contribution in [1.29, 1.82) is 0 Å². The zero-order valence-corrected chi connectivity index (χ0v) is 10.4. The van der Waals surface area contributed by atoms with E-state index in [1.54, 1.807) is 6.20 Å². The lowest BCUT2D eigenvalue weighted by Gasteiger charge is -2.03. The van der Waals surface area contributed by atoms with E-state index in [-0.39, 0.29) is 5.91 Å². The van der Waals surface area contributed by atoms with Crippen LogP contribution in [0.15, 0.2) is 18.3 Å². The van der Waals surface area contributed by atoms with E-state index >= 15 is 0 Å². The first-order valence-corrected chi connectivity index (χ1v) is 6.13.